The highest BCUT2D eigenvalue weighted by Gasteiger charge is 2.31. The molecule has 22 heavy (non-hydrogen) atoms. The highest BCUT2D eigenvalue weighted by atomic mass is 16.5. The van der Waals surface area contributed by atoms with Crippen LogP contribution < -0.4 is 0 Å². The Morgan fingerprint density at radius 3 is 2.91 bits per heavy atom. The molecule has 0 unspecified atom stereocenters. The fraction of sp³-hybridized carbons (Fsp3) is 0.765. The van der Waals surface area contributed by atoms with E-state index in [1.165, 1.54) is 19.3 Å². The summed E-state index contributed by atoms with van der Waals surface area (Å²) in [6, 6.07) is 0.243. The molecule has 1 aliphatic carbocycles. The van der Waals surface area contributed by atoms with Crippen molar-refractivity contribution in [3.63, 3.8) is 0 Å². The molecule has 0 N–H and O–H groups in total. The molecule has 1 aliphatic heterocycles. The van der Waals surface area contributed by atoms with Crippen LogP contribution in [0.1, 0.15) is 44.6 Å². The number of carbonyl (C=O) groups excluding carboxylic acids is 1. The Hall–Kier alpha value is -1.36. The second-order valence-corrected chi connectivity index (χ2v) is 6.84. The van der Waals surface area contributed by atoms with E-state index in [-0.39, 0.29) is 18.1 Å². The Labute approximate surface area is 132 Å². The van der Waals surface area contributed by atoms with Crippen LogP contribution in [-0.2, 0) is 16.1 Å². The van der Waals surface area contributed by atoms with Gasteiger partial charge in [-0.15, -0.1) is 0 Å². The van der Waals surface area contributed by atoms with Crippen LogP contribution in [-0.4, -0.2) is 45.9 Å². The molecule has 1 aromatic rings. The fourth-order valence-corrected chi connectivity index (χ4v) is 3.13. The van der Waals surface area contributed by atoms with Crippen molar-refractivity contribution in [2.75, 3.05) is 13.2 Å². The van der Waals surface area contributed by atoms with Gasteiger partial charge < -0.3 is 9.64 Å². The summed E-state index contributed by atoms with van der Waals surface area (Å²) in [5.74, 6) is 0.841. The van der Waals surface area contributed by atoms with Gasteiger partial charge in [0, 0.05) is 12.7 Å². The third-order valence-corrected chi connectivity index (χ3v) is 4.70. The zero-order valence-electron chi connectivity index (χ0n) is 13.7. The first kappa shape index (κ1) is 15.5. The molecule has 1 aromatic heterocycles. The lowest BCUT2D eigenvalue weighted by molar-refractivity contribution is -0.147. The number of nitrogens with zero attached hydrogens (tertiary/aromatic N) is 3. The molecular formula is C17H27N3O2. The summed E-state index contributed by atoms with van der Waals surface area (Å²) < 4.78 is 7.73. The molecule has 3 rings (SSSR count). The minimum atomic E-state index is -0.319. The monoisotopic (exact) mass is 305 g/mol. The van der Waals surface area contributed by atoms with Crippen LogP contribution in [0.15, 0.2) is 12.4 Å². The number of aromatic nitrogens is 2. The number of rotatable bonds is 6. The van der Waals surface area contributed by atoms with E-state index in [1.807, 2.05) is 35.8 Å². The zero-order chi connectivity index (χ0) is 15.5. The molecule has 1 amide bonds. The lowest BCUT2D eigenvalue weighted by atomic mass is 10.0. The number of aryl methyl sites for hydroxylation is 1. The van der Waals surface area contributed by atoms with Crippen molar-refractivity contribution in [2.45, 2.75) is 64.6 Å². The highest BCUT2D eigenvalue weighted by Crippen LogP contribution is 2.29. The minimum absolute atomic E-state index is 0.147. The first-order valence-corrected chi connectivity index (χ1v) is 8.54. The molecule has 2 heterocycles. The van der Waals surface area contributed by atoms with Crippen LogP contribution in [0.2, 0.25) is 0 Å². The van der Waals surface area contributed by atoms with E-state index in [1.54, 1.807) is 0 Å². The molecule has 5 nitrogen and oxygen atoms in total. The van der Waals surface area contributed by atoms with Crippen molar-refractivity contribution in [1.29, 1.82) is 0 Å². The number of ether oxygens (including phenoxy) is 1. The predicted molar refractivity (Wildman–Crippen MR) is 84.5 cm³/mol. The van der Waals surface area contributed by atoms with Gasteiger partial charge in [0.05, 0.1) is 25.4 Å². The standard InChI is InChI=1S/C17H27N3O2/c1-13-9-18-19(10-13)11-16-5-3-4-8-20(16)17(21)14(2)22-12-15-6-7-15/h9-10,14-16H,3-8,11-12H2,1-2H3/t14-,16+/m0/s1. The average molecular weight is 305 g/mol. The van der Waals surface area contributed by atoms with Crippen LogP contribution >= 0.6 is 0 Å². The maximum absolute atomic E-state index is 12.7. The number of carbonyl (C=O) groups is 1. The smallest absolute Gasteiger partial charge is 0.251 e. The number of likely N-dealkylation sites (tertiary alicyclic amines) is 1. The molecule has 0 aromatic carbocycles. The van der Waals surface area contributed by atoms with Crippen LogP contribution in [0.4, 0.5) is 0 Å². The van der Waals surface area contributed by atoms with Crippen molar-refractivity contribution in [3.05, 3.63) is 18.0 Å². The molecule has 5 heteroatoms. The van der Waals surface area contributed by atoms with E-state index in [9.17, 15) is 4.79 Å². The fourth-order valence-electron chi connectivity index (χ4n) is 3.13. The van der Waals surface area contributed by atoms with Gasteiger partial charge in [-0.25, -0.2) is 0 Å². The molecular weight excluding hydrogens is 278 g/mol. The normalized spacial score (nSPS) is 23.5. The Balaban J connectivity index is 1.59. The van der Waals surface area contributed by atoms with Crippen LogP contribution in [0.25, 0.3) is 0 Å². The number of amides is 1. The molecule has 0 radical (unpaired) electrons. The topological polar surface area (TPSA) is 47.4 Å². The van der Waals surface area contributed by atoms with Crippen molar-refractivity contribution in [3.8, 4) is 0 Å². The van der Waals surface area contributed by atoms with Gasteiger partial charge in [0.25, 0.3) is 5.91 Å². The van der Waals surface area contributed by atoms with Gasteiger partial charge in [0.1, 0.15) is 6.10 Å². The molecule has 1 saturated carbocycles. The van der Waals surface area contributed by atoms with Crippen molar-refractivity contribution < 1.29 is 9.53 Å². The Morgan fingerprint density at radius 1 is 1.41 bits per heavy atom. The van der Waals surface area contributed by atoms with Crippen LogP contribution in [0.5, 0.6) is 0 Å². The highest BCUT2D eigenvalue weighted by molar-refractivity contribution is 5.81. The molecule has 2 atom stereocenters. The first-order valence-electron chi connectivity index (χ1n) is 8.54. The van der Waals surface area contributed by atoms with Gasteiger partial charge >= 0.3 is 0 Å². The van der Waals surface area contributed by atoms with Gasteiger partial charge in [-0.3, -0.25) is 9.48 Å². The van der Waals surface area contributed by atoms with Crippen molar-refractivity contribution in [2.24, 2.45) is 5.92 Å². The lowest BCUT2D eigenvalue weighted by Crippen LogP contribution is -2.49. The molecule has 122 valence electrons. The van der Waals surface area contributed by atoms with Crippen molar-refractivity contribution in [1.82, 2.24) is 14.7 Å². The molecule has 0 bridgehead atoms. The largest absolute Gasteiger partial charge is 0.368 e. The summed E-state index contributed by atoms with van der Waals surface area (Å²) in [7, 11) is 0. The third kappa shape index (κ3) is 3.88. The third-order valence-electron chi connectivity index (χ3n) is 4.70. The molecule has 1 saturated heterocycles. The van der Waals surface area contributed by atoms with Crippen molar-refractivity contribution >= 4 is 5.91 Å². The lowest BCUT2D eigenvalue weighted by Gasteiger charge is -2.37. The molecule has 2 aliphatic rings. The van der Waals surface area contributed by atoms with Gasteiger partial charge in [-0.05, 0) is 57.4 Å². The maximum Gasteiger partial charge on any atom is 0.251 e. The second kappa shape index (κ2) is 6.82. The quantitative estimate of drug-likeness (QED) is 0.811. The minimum Gasteiger partial charge on any atom is -0.368 e. The van der Waals surface area contributed by atoms with E-state index in [4.69, 9.17) is 4.74 Å². The van der Waals surface area contributed by atoms with E-state index in [2.05, 4.69) is 5.10 Å². The molecule has 0 spiro atoms. The average Bonchev–Trinajstić information content (AvgIpc) is 3.27. The summed E-state index contributed by atoms with van der Waals surface area (Å²) >= 11 is 0. The zero-order valence-corrected chi connectivity index (χ0v) is 13.7. The molecule has 2 fully saturated rings. The number of hydrogen-bond acceptors (Lipinski definition) is 3. The van der Waals surface area contributed by atoms with Crippen LogP contribution in [0, 0.1) is 12.8 Å². The van der Waals surface area contributed by atoms with Gasteiger partial charge in [0.15, 0.2) is 0 Å². The Bertz CT molecular complexity index is 510. The predicted octanol–water partition coefficient (Wildman–Crippen LogP) is 2.39. The number of hydrogen-bond donors (Lipinski definition) is 0. The van der Waals surface area contributed by atoms with E-state index in [0.29, 0.717) is 5.92 Å². The van der Waals surface area contributed by atoms with Gasteiger partial charge in [-0.1, -0.05) is 0 Å². The first-order chi connectivity index (χ1) is 10.6. The van der Waals surface area contributed by atoms with E-state index >= 15 is 0 Å². The van der Waals surface area contributed by atoms with Crippen LogP contribution in [0.3, 0.4) is 0 Å². The van der Waals surface area contributed by atoms with Gasteiger partial charge in [0.2, 0.25) is 0 Å². The summed E-state index contributed by atoms with van der Waals surface area (Å²) in [6.07, 6.45) is 9.45. The summed E-state index contributed by atoms with van der Waals surface area (Å²) in [4.78, 5) is 14.7. The summed E-state index contributed by atoms with van der Waals surface area (Å²) in [5.41, 5.74) is 1.16. The van der Waals surface area contributed by atoms with E-state index in [0.717, 1.165) is 38.1 Å². The second-order valence-electron chi connectivity index (χ2n) is 6.84. The Kier molecular flexibility index (Phi) is 4.81. The summed E-state index contributed by atoms with van der Waals surface area (Å²) in [6.45, 7) is 6.31. The van der Waals surface area contributed by atoms with Gasteiger partial charge in [-0.2, -0.15) is 5.10 Å². The Morgan fingerprint density at radius 2 is 2.23 bits per heavy atom. The summed E-state index contributed by atoms with van der Waals surface area (Å²) in [5, 5.41) is 4.36. The van der Waals surface area contributed by atoms with E-state index < -0.39 is 0 Å². The maximum atomic E-state index is 12.7. The SMILES string of the molecule is Cc1cnn(C[C@H]2CCCCN2C(=O)[C@H](C)OCC2CC2)c1. The number of piperidine rings is 1.